The van der Waals surface area contributed by atoms with Crippen LogP contribution < -0.4 is 20.7 Å². The van der Waals surface area contributed by atoms with Crippen LogP contribution in [0.2, 0.25) is 0 Å². The fourth-order valence-electron chi connectivity index (χ4n) is 3.14. The van der Waals surface area contributed by atoms with E-state index in [1.165, 1.54) is 0 Å². The van der Waals surface area contributed by atoms with Gasteiger partial charge in [-0.15, -0.1) is 0 Å². The van der Waals surface area contributed by atoms with Crippen LogP contribution in [0, 0.1) is 5.82 Å². The van der Waals surface area contributed by atoms with Crippen LogP contribution in [0.15, 0.2) is 40.1 Å². The van der Waals surface area contributed by atoms with Gasteiger partial charge in [-0.05, 0) is 31.0 Å². The molecular weight excluding hydrogens is 445 g/mol. The summed E-state index contributed by atoms with van der Waals surface area (Å²) >= 11 is 0. The number of H-pyrrole nitrogens is 1. The SMILES string of the molecule is C[C@@H](NS(=O)(=O)CCCOCn1cc(F)c(=O)[nH]c1=O)c1cccc(O[C@@H]2CCOC2)c1. The lowest BCUT2D eigenvalue weighted by Crippen LogP contribution is -2.32. The summed E-state index contributed by atoms with van der Waals surface area (Å²) in [6.45, 7) is 2.66. The van der Waals surface area contributed by atoms with E-state index in [-0.39, 0.29) is 31.6 Å². The van der Waals surface area contributed by atoms with Gasteiger partial charge in [0.1, 0.15) is 18.6 Å². The number of rotatable bonds is 11. The molecule has 0 spiro atoms. The second-order valence-corrected chi connectivity index (χ2v) is 9.30. The molecule has 2 aromatic rings. The largest absolute Gasteiger partial charge is 0.488 e. The minimum atomic E-state index is -3.60. The van der Waals surface area contributed by atoms with E-state index in [9.17, 15) is 22.4 Å². The van der Waals surface area contributed by atoms with Crippen molar-refractivity contribution in [2.45, 2.75) is 38.6 Å². The Hall–Kier alpha value is -2.54. The van der Waals surface area contributed by atoms with Crippen molar-refractivity contribution in [3.63, 3.8) is 0 Å². The lowest BCUT2D eigenvalue weighted by atomic mass is 10.1. The fraction of sp³-hybridized carbons (Fsp3) is 0.500. The van der Waals surface area contributed by atoms with Crippen molar-refractivity contribution < 1.29 is 27.0 Å². The molecule has 0 aliphatic carbocycles. The Balaban J connectivity index is 1.45. The molecule has 1 aromatic carbocycles. The number of aromatic nitrogens is 2. The highest BCUT2D eigenvalue weighted by atomic mass is 32.2. The van der Waals surface area contributed by atoms with E-state index >= 15 is 0 Å². The molecule has 0 saturated carbocycles. The zero-order valence-electron chi connectivity index (χ0n) is 17.6. The highest BCUT2D eigenvalue weighted by molar-refractivity contribution is 7.89. The average molecular weight is 472 g/mol. The van der Waals surface area contributed by atoms with E-state index in [0.717, 1.165) is 22.7 Å². The van der Waals surface area contributed by atoms with Gasteiger partial charge < -0.3 is 14.2 Å². The third kappa shape index (κ3) is 6.99. The normalized spacial score (nSPS) is 17.4. The van der Waals surface area contributed by atoms with Crippen LogP contribution in [0.4, 0.5) is 4.39 Å². The van der Waals surface area contributed by atoms with E-state index < -0.39 is 33.1 Å². The van der Waals surface area contributed by atoms with Crippen LogP contribution in [0.3, 0.4) is 0 Å². The summed E-state index contributed by atoms with van der Waals surface area (Å²) < 4.78 is 57.8. The quantitative estimate of drug-likeness (QED) is 0.466. The molecule has 12 heteroatoms. The molecule has 176 valence electrons. The predicted octanol–water partition coefficient (Wildman–Crippen LogP) is 0.888. The van der Waals surface area contributed by atoms with Crippen LogP contribution in [-0.2, 0) is 26.2 Å². The van der Waals surface area contributed by atoms with Crippen LogP contribution in [0.1, 0.15) is 31.4 Å². The maximum absolute atomic E-state index is 13.2. The summed E-state index contributed by atoms with van der Waals surface area (Å²) in [6.07, 6.45) is 1.72. The number of aromatic amines is 1. The van der Waals surface area contributed by atoms with Gasteiger partial charge in [0.15, 0.2) is 0 Å². The van der Waals surface area contributed by atoms with E-state index in [1.807, 2.05) is 17.1 Å². The predicted molar refractivity (Wildman–Crippen MR) is 113 cm³/mol. The summed E-state index contributed by atoms with van der Waals surface area (Å²) in [4.78, 5) is 24.3. The molecular formula is C20H26FN3O7S. The number of hydrogen-bond donors (Lipinski definition) is 2. The number of nitrogens with one attached hydrogen (secondary N) is 2. The zero-order valence-corrected chi connectivity index (χ0v) is 18.4. The maximum atomic E-state index is 13.2. The second-order valence-electron chi connectivity index (χ2n) is 7.43. The van der Waals surface area contributed by atoms with E-state index in [2.05, 4.69) is 4.72 Å². The summed E-state index contributed by atoms with van der Waals surface area (Å²) in [6, 6.07) is 6.78. The Bertz CT molecular complexity index is 1130. The van der Waals surface area contributed by atoms with Crippen molar-refractivity contribution in [3.8, 4) is 5.75 Å². The first-order valence-corrected chi connectivity index (χ1v) is 11.8. The third-order valence-corrected chi connectivity index (χ3v) is 6.34. The summed E-state index contributed by atoms with van der Waals surface area (Å²) in [5.74, 6) is -0.645. The Morgan fingerprint density at radius 1 is 1.38 bits per heavy atom. The fourth-order valence-corrected chi connectivity index (χ4v) is 4.43. The number of nitrogens with zero attached hydrogens (tertiary/aromatic N) is 1. The van der Waals surface area contributed by atoms with Gasteiger partial charge in [-0.3, -0.25) is 14.3 Å². The summed E-state index contributed by atoms with van der Waals surface area (Å²) in [5.41, 5.74) is -1.16. The molecule has 0 bridgehead atoms. The Morgan fingerprint density at radius 2 is 2.19 bits per heavy atom. The molecule has 0 unspecified atom stereocenters. The lowest BCUT2D eigenvalue weighted by molar-refractivity contribution is 0.0736. The lowest BCUT2D eigenvalue weighted by Gasteiger charge is -2.17. The van der Waals surface area contributed by atoms with Gasteiger partial charge in [0.25, 0.3) is 5.56 Å². The van der Waals surface area contributed by atoms with E-state index in [1.54, 1.807) is 19.1 Å². The van der Waals surface area contributed by atoms with Crippen molar-refractivity contribution >= 4 is 10.0 Å². The summed E-state index contributed by atoms with van der Waals surface area (Å²) in [7, 11) is -3.60. The Kier molecular flexibility index (Phi) is 8.18. The molecule has 2 N–H and O–H groups in total. The van der Waals surface area contributed by atoms with Crippen LogP contribution in [-0.4, -0.2) is 49.6 Å². The zero-order chi connectivity index (χ0) is 23.1. The van der Waals surface area contributed by atoms with E-state index in [0.29, 0.717) is 19.0 Å². The van der Waals surface area contributed by atoms with Gasteiger partial charge >= 0.3 is 5.69 Å². The number of hydrogen-bond acceptors (Lipinski definition) is 7. The van der Waals surface area contributed by atoms with Crippen LogP contribution >= 0.6 is 0 Å². The van der Waals surface area contributed by atoms with E-state index in [4.69, 9.17) is 14.2 Å². The smallest absolute Gasteiger partial charge is 0.330 e. The minimum absolute atomic E-state index is 0.000677. The van der Waals surface area contributed by atoms with Gasteiger partial charge in [-0.2, -0.15) is 4.39 Å². The molecule has 32 heavy (non-hydrogen) atoms. The van der Waals surface area contributed by atoms with Crippen LogP contribution in [0.5, 0.6) is 5.75 Å². The number of halogens is 1. The van der Waals surface area contributed by atoms with Gasteiger partial charge in [0.05, 0.1) is 25.2 Å². The summed E-state index contributed by atoms with van der Waals surface area (Å²) in [5, 5.41) is 0. The molecule has 0 amide bonds. The Morgan fingerprint density at radius 3 is 2.94 bits per heavy atom. The van der Waals surface area contributed by atoms with Crippen molar-refractivity contribution in [2.24, 2.45) is 0 Å². The third-order valence-electron chi connectivity index (χ3n) is 4.80. The highest BCUT2D eigenvalue weighted by Gasteiger charge is 2.19. The van der Waals surface area contributed by atoms with Gasteiger partial charge in [0, 0.05) is 19.1 Å². The monoisotopic (exact) mass is 471 g/mol. The number of benzene rings is 1. The first kappa shape index (κ1) is 24.1. The first-order valence-electron chi connectivity index (χ1n) is 10.1. The highest BCUT2D eigenvalue weighted by Crippen LogP contribution is 2.22. The van der Waals surface area contributed by atoms with Crippen molar-refractivity contribution in [3.05, 3.63) is 62.7 Å². The molecule has 1 saturated heterocycles. The molecule has 1 fully saturated rings. The molecule has 1 aromatic heterocycles. The molecule has 0 radical (unpaired) electrons. The molecule has 10 nitrogen and oxygen atoms in total. The number of ether oxygens (including phenoxy) is 3. The molecule has 3 rings (SSSR count). The minimum Gasteiger partial charge on any atom is -0.488 e. The topological polar surface area (TPSA) is 129 Å². The van der Waals surface area contributed by atoms with Crippen molar-refractivity contribution in [2.75, 3.05) is 25.6 Å². The number of sulfonamides is 1. The molecule has 2 heterocycles. The van der Waals surface area contributed by atoms with Crippen LogP contribution in [0.25, 0.3) is 0 Å². The second kappa shape index (κ2) is 10.9. The van der Waals surface area contributed by atoms with Gasteiger partial charge in [-0.1, -0.05) is 12.1 Å². The Labute approximate surface area is 184 Å². The average Bonchev–Trinajstić information content (AvgIpc) is 3.24. The molecule has 2 atom stereocenters. The van der Waals surface area contributed by atoms with Crippen molar-refractivity contribution in [1.29, 1.82) is 0 Å². The standard InChI is InChI=1S/C20H26FN3O7S/c1-14(15-4-2-5-16(10-15)31-17-6-8-29-12-17)23-32(27,28)9-3-7-30-13-24-11-18(21)19(25)22-20(24)26/h2,4-5,10-11,14,17,23H,3,6-9,12-13H2,1H3,(H,22,25,26)/t14-,17-/m1/s1. The molecule has 1 aliphatic rings. The maximum Gasteiger partial charge on any atom is 0.330 e. The molecule has 1 aliphatic heterocycles. The van der Waals surface area contributed by atoms with Crippen molar-refractivity contribution in [1.82, 2.24) is 14.3 Å². The van der Waals surface area contributed by atoms with Gasteiger partial charge in [-0.25, -0.2) is 17.9 Å². The first-order chi connectivity index (χ1) is 15.2. The van der Waals surface area contributed by atoms with Gasteiger partial charge in [0.2, 0.25) is 15.8 Å².